The quantitative estimate of drug-likeness (QED) is 0.691. The molecule has 3 aliphatic heterocycles. The number of hydrogen-bond acceptors (Lipinski definition) is 6. The van der Waals surface area contributed by atoms with Crippen molar-refractivity contribution in [2.24, 2.45) is 0 Å². The summed E-state index contributed by atoms with van der Waals surface area (Å²) in [5.74, 6) is 0. The number of hydrogen-bond donors (Lipinski definition) is 0. The Hall–Kier alpha value is -2.32. The average molecular weight is 459 g/mol. The molecule has 0 aromatic heterocycles. The van der Waals surface area contributed by atoms with Crippen molar-refractivity contribution in [2.45, 2.75) is 57.9 Å². The molecule has 0 unspecified atom stereocenters. The summed E-state index contributed by atoms with van der Waals surface area (Å²) in [6.07, 6.45) is 1.60. The van der Waals surface area contributed by atoms with E-state index in [0.717, 1.165) is 70.8 Å². The second kappa shape index (κ2) is 10.3. The summed E-state index contributed by atoms with van der Waals surface area (Å²) in [4.78, 5) is 33.4. The molecule has 8 nitrogen and oxygen atoms in total. The Morgan fingerprint density at radius 1 is 0.818 bits per heavy atom. The molecule has 0 aliphatic carbocycles. The van der Waals surface area contributed by atoms with E-state index in [2.05, 4.69) is 9.80 Å². The Morgan fingerprint density at radius 2 is 1.42 bits per heavy atom. The first kappa shape index (κ1) is 23.8. The van der Waals surface area contributed by atoms with Crippen LogP contribution in [-0.4, -0.2) is 102 Å². The SMILES string of the molecule is CC(C)(C)OC(=O)N1CCC(N2CC(N3CCN(C(=O)OCc4ccccc4)CC3)C2)CC1. The van der Waals surface area contributed by atoms with Crippen molar-refractivity contribution in [3.8, 4) is 0 Å². The molecule has 0 saturated carbocycles. The Morgan fingerprint density at radius 3 is 2.03 bits per heavy atom. The zero-order valence-corrected chi connectivity index (χ0v) is 20.2. The summed E-state index contributed by atoms with van der Waals surface area (Å²) >= 11 is 0. The fraction of sp³-hybridized carbons (Fsp3) is 0.680. The molecule has 0 radical (unpaired) electrons. The second-order valence-electron chi connectivity index (χ2n) is 10.4. The van der Waals surface area contributed by atoms with E-state index in [4.69, 9.17) is 9.47 Å². The molecule has 3 heterocycles. The van der Waals surface area contributed by atoms with Gasteiger partial charge in [0.2, 0.25) is 0 Å². The van der Waals surface area contributed by atoms with E-state index in [1.807, 2.05) is 60.9 Å². The molecule has 0 bridgehead atoms. The molecule has 3 saturated heterocycles. The van der Waals surface area contributed by atoms with Crippen LogP contribution in [0.2, 0.25) is 0 Å². The maximum atomic E-state index is 12.4. The number of ether oxygens (including phenoxy) is 2. The van der Waals surface area contributed by atoms with Crippen LogP contribution in [0, 0.1) is 0 Å². The topological polar surface area (TPSA) is 65.6 Å². The van der Waals surface area contributed by atoms with Gasteiger partial charge in [0.05, 0.1) is 0 Å². The number of carbonyl (C=O) groups is 2. The Balaban J connectivity index is 1.12. The molecular formula is C25H38N4O4. The number of nitrogens with zero attached hydrogens (tertiary/aromatic N) is 4. The minimum Gasteiger partial charge on any atom is -0.445 e. The number of piperazine rings is 1. The van der Waals surface area contributed by atoms with Gasteiger partial charge < -0.3 is 19.3 Å². The van der Waals surface area contributed by atoms with Crippen molar-refractivity contribution in [1.29, 1.82) is 0 Å². The lowest BCUT2D eigenvalue weighted by atomic mass is 9.96. The minimum absolute atomic E-state index is 0.192. The van der Waals surface area contributed by atoms with Crippen LogP contribution in [0.1, 0.15) is 39.2 Å². The number of benzene rings is 1. The third kappa shape index (κ3) is 6.38. The van der Waals surface area contributed by atoms with E-state index in [0.29, 0.717) is 18.7 Å². The van der Waals surface area contributed by atoms with E-state index in [1.54, 1.807) is 0 Å². The van der Waals surface area contributed by atoms with Crippen LogP contribution < -0.4 is 0 Å². The first-order chi connectivity index (χ1) is 15.8. The number of piperidine rings is 1. The maximum Gasteiger partial charge on any atom is 0.410 e. The van der Waals surface area contributed by atoms with Gasteiger partial charge in [0.1, 0.15) is 12.2 Å². The van der Waals surface area contributed by atoms with Gasteiger partial charge in [-0.15, -0.1) is 0 Å². The van der Waals surface area contributed by atoms with E-state index in [-0.39, 0.29) is 12.2 Å². The fourth-order valence-electron chi connectivity index (χ4n) is 4.84. The highest BCUT2D eigenvalue weighted by Gasteiger charge is 2.39. The van der Waals surface area contributed by atoms with Crippen molar-refractivity contribution in [1.82, 2.24) is 19.6 Å². The van der Waals surface area contributed by atoms with Crippen LogP contribution in [-0.2, 0) is 16.1 Å². The molecule has 4 rings (SSSR count). The van der Waals surface area contributed by atoms with Gasteiger partial charge in [-0.1, -0.05) is 30.3 Å². The lowest BCUT2D eigenvalue weighted by Gasteiger charge is -2.52. The summed E-state index contributed by atoms with van der Waals surface area (Å²) in [6, 6.07) is 10.9. The maximum absolute atomic E-state index is 12.4. The Bertz CT molecular complexity index is 790. The van der Waals surface area contributed by atoms with Crippen LogP contribution in [0.15, 0.2) is 30.3 Å². The molecule has 182 valence electrons. The van der Waals surface area contributed by atoms with Gasteiger partial charge in [-0.25, -0.2) is 9.59 Å². The van der Waals surface area contributed by atoms with E-state index < -0.39 is 5.60 Å². The molecular weight excluding hydrogens is 420 g/mol. The predicted octanol–water partition coefficient (Wildman–Crippen LogP) is 3.02. The Labute approximate surface area is 197 Å². The monoisotopic (exact) mass is 458 g/mol. The summed E-state index contributed by atoms with van der Waals surface area (Å²) in [7, 11) is 0. The summed E-state index contributed by atoms with van der Waals surface area (Å²) in [5.41, 5.74) is 0.567. The molecule has 3 fully saturated rings. The van der Waals surface area contributed by atoms with Crippen LogP contribution in [0.4, 0.5) is 9.59 Å². The van der Waals surface area contributed by atoms with Gasteiger partial charge in [0, 0.05) is 64.4 Å². The number of amides is 2. The van der Waals surface area contributed by atoms with E-state index in [1.165, 1.54) is 0 Å². The van der Waals surface area contributed by atoms with Crippen LogP contribution >= 0.6 is 0 Å². The summed E-state index contributed by atoms with van der Waals surface area (Å²) < 4.78 is 11.0. The third-order valence-corrected chi connectivity index (χ3v) is 6.82. The van der Waals surface area contributed by atoms with Crippen LogP contribution in [0.25, 0.3) is 0 Å². The molecule has 2 amide bonds. The lowest BCUT2D eigenvalue weighted by molar-refractivity contribution is -0.0333. The van der Waals surface area contributed by atoms with Crippen LogP contribution in [0.5, 0.6) is 0 Å². The van der Waals surface area contributed by atoms with Crippen molar-refractivity contribution in [3.63, 3.8) is 0 Å². The van der Waals surface area contributed by atoms with E-state index >= 15 is 0 Å². The van der Waals surface area contributed by atoms with Crippen molar-refractivity contribution in [3.05, 3.63) is 35.9 Å². The van der Waals surface area contributed by atoms with Gasteiger partial charge in [-0.3, -0.25) is 9.80 Å². The first-order valence-electron chi connectivity index (χ1n) is 12.2. The first-order valence-corrected chi connectivity index (χ1v) is 12.2. The minimum atomic E-state index is -0.443. The normalized spacial score (nSPS) is 21.5. The lowest BCUT2D eigenvalue weighted by Crippen LogP contribution is -2.66. The molecule has 1 aromatic carbocycles. The number of carbonyl (C=O) groups excluding carboxylic acids is 2. The number of rotatable bonds is 4. The van der Waals surface area contributed by atoms with Gasteiger partial charge in [-0.05, 0) is 39.2 Å². The van der Waals surface area contributed by atoms with Crippen molar-refractivity contribution >= 4 is 12.2 Å². The van der Waals surface area contributed by atoms with Crippen LogP contribution in [0.3, 0.4) is 0 Å². The molecule has 0 N–H and O–H groups in total. The van der Waals surface area contributed by atoms with E-state index in [9.17, 15) is 9.59 Å². The van der Waals surface area contributed by atoms with Gasteiger partial charge in [0.25, 0.3) is 0 Å². The highest BCUT2D eigenvalue weighted by molar-refractivity contribution is 5.68. The van der Waals surface area contributed by atoms with Crippen molar-refractivity contribution in [2.75, 3.05) is 52.4 Å². The van der Waals surface area contributed by atoms with Gasteiger partial charge in [-0.2, -0.15) is 0 Å². The fourth-order valence-corrected chi connectivity index (χ4v) is 4.84. The zero-order chi connectivity index (χ0) is 23.4. The Kier molecular flexibility index (Phi) is 7.44. The van der Waals surface area contributed by atoms with Gasteiger partial charge in [0.15, 0.2) is 0 Å². The molecule has 8 heteroatoms. The summed E-state index contributed by atoms with van der Waals surface area (Å²) in [6.45, 7) is 13.0. The summed E-state index contributed by atoms with van der Waals surface area (Å²) in [5, 5.41) is 0. The zero-order valence-electron chi connectivity index (χ0n) is 20.2. The smallest absolute Gasteiger partial charge is 0.410 e. The average Bonchev–Trinajstić information content (AvgIpc) is 2.77. The third-order valence-electron chi connectivity index (χ3n) is 6.82. The highest BCUT2D eigenvalue weighted by atomic mass is 16.6. The molecule has 0 atom stereocenters. The van der Waals surface area contributed by atoms with Crippen molar-refractivity contribution < 1.29 is 19.1 Å². The highest BCUT2D eigenvalue weighted by Crippen LogP contribution is 2.26. The largest absolute Gasteiger partial charge is 0.445 e. The number of likely N-dealkylation sites (tertiary alicyclic amines) is 2. The second-order valence-corrected chi connectivity index (χ2v) is 10.4. The standard InChI is InChI=1S/C25H38N4O4/c1-25(2,3)33-24(31)27-11-9-21(10-12-27)29-17-22(18-29)26-13-15-28(16-14-26)23(30)32-19-20-7-5-4-6-8-20/h4-8,21-22H,9-19H2,1-3H3. The predicted molar refractivity (Wildman–Crippen MR) is 126 cm³/mol. The molecule has 33 heavy (non-hydrogen) atoms. The molecule has 3 aliphatic rings. The van der Waals surface area contributed by atoms with Gasteiger partial charge >= 0.3 is 12.2 Å². The molecule has 1 aromatic rings. The molecule has 0 spiro atoms.